The van der Waals surface area contributed by atoms with E-state index < -0.39 is 0 Å². The summed E-state index contributed by atoms with van der Waals surface area (Å²) < 4.78 is 0. The van der Waals surface area contributed by atoms with Gasteiger partial charge in [-0.05, 0) is 69.2 Å². The summed E-state index contributed by atoms with van der Waals surface area (Å²) in [6.07, 6.45) is 8.59. The largest absolute Gasteiger partial charge is 0.326 e. The van der Waals surface area contributed by atoms with Gasteiger partial charge in [-0.15, -0.1) is 0 Å². The minimum atomic E-state index is 0.184. The van der Waals surface area contributed by atoms with Crippen LogP contribution in [-0.2, 0) is 0 Å². The smallest absolute Gasteiger partial charge is 0.0499 e. The van der Waals surface area contributed by atoms with Gasteiger partial charge in [0.1, 0.15) is 0 Å². The van der Waals surface area contributed by atoms with Gasteiger partial charge in [0.2, 0.25) is 0 Å². The third kappa shape index (κ3) is 3.02. The molecule has 2 aliphatic rings. The molecular formula is C19H30N2. The number of nitrogens with two attached hydrogens (primary N) is 1. The minimum absolute atomic E-state index is 0.184. The summed E-state index contributed by atoms with van der Waals surface area (Å²) in [6.45, 7) is 6.82. The van der Waals surface area contributed by atoms with Gasteiger partial charge >= 0.3 is 0 Å². The van der Waals surface area contributed by atoms with Gasteiger partial charge in [-0.1, -0.05) is 37.1 Å². The lowest BCUT2D eigenvalue weighted by Gasteiger charge is -2.44. The molecule has 1 aliphatic carbocycles. The topological polar surface area (TPSA) is 29.3 Å². The Kier molecular flexibility index (Phi) is 4.37. The van der Waals surface area contributed by atoms with Gasteiger partial charge in [0.15, 0.2) is 0 Å². The van der Waals surface area contributed by atoms with Crippen LogP contribution < -0.4 is 5.73 Å². The molecule has 2 unspecified atom stereocenters. The number of nitrogens with zero attached hydrogens (tertiary/aromatic N) is 1. The average Bonchev–Trinajstić information content (AvgIpc) is 2.92. The van der Waals surface area contributed by atoms with E-state index in [-0.39, 0.29) is 6.04 Å². The molecule has 1 spiro atoms. The summed E-state index contributed by atoms with van der Waals surface area (Å²) >= 11 is 0. The summed E-state index contributed by atoms with van der Waals surface area (Å²) in [4.78, 5) is 2.65. The Morgan fingerprint density at radius 3 is 2.24 bits per heavy atom. The molecule has 2 N–H and O–H groups in total. The van der Waals surface area contributed by atoms with Crippen LogP contribution in [0.5, 0.6) is 0 Å². The molecule has 116 valence electrons. The Hall–Kier alpha value is -0.860. The van der Waals surface area contributed by atoms with Gasteiger partial charge in [-0.25, -0.2) is 0 Å². The van der Waals surface area contributed by atoms with E-state index in [9.17, 15) is 0 Å². The van der Waals surface area contributed by atoms with Gasteiger partial charge < -0.3 is 5.73 Å². The van der Waals surface area contributed by atoms with E-state index in [1.165, 1.54) is 62.7 Å². The maximum Gasteiger partial charge on any atom is 0.0499 e. The molecule has 1 saturated heterocycles. The predicted octanol–water partition coefficient (Wildman–Crippen LogP) is 4.04. The average molecular weight is 286 g/mol. The normalized spacial score (nSPS) is 25.1. The molecule has 0 bridgehead atoms. The van der Waals surface area contributed by atoms with Gasteiger partial charge in [0, 0.05) is 12.1 Å². The number of aryl methyl sites for hydroxylation is 1. The van der Waals surface area contributed by atoms with Crippen molar-refractivity contribution in [2.75, 3.05) is 13.1 Å². The van der Waals surface area contributed by atoms with Crippen molar-refractivity contribution in [2.24, 2.45) is 11.1 Å². The third-order valence-corrected chi connectivity index (χ3v) is 5.92. The zero-order valence-corrected chi connectivity index (χ0v) is 13.6. The molecule has 0 amide bonds. The Morgan fingerprint density at radius 1 is 1.05 bits per heavy atom. The first-order chi connectivity index (χ1) is 10.1. The van der Waals surface area contributed by atoms with Gasteiger partial charge in [-0.2, -0.15) is 0 Å². The van der Waals surface area contributed by atoms with Crippen LogP contribution in [0.25, 0.3) is 0 Å². The molecule has 21 heavy (non-hydrogen) atoms. The molecule has 0 radical (unpaired) electrons. The van der Waals surface area contributed by atoms with E-state index in [1.807, 2.05) is 0 Å². The number of rotatable bonds is 3. The molecule has 0 aromatic heterocycles. The molecule has 1 aromatic rings. The second-order valence-electron chi connectivity index (χ2n) is 7.40. The zero-order valence-electron chi connectivity index (χ0n) is 13.6. The summed E-state index contributed by atoms with van der Waals surface area (Å²) in [6, 6.07) is 9.32. The van der Waals surface area contributed by atoms with Crippen LogP contribution in [0, 0.1) is 12.3 Å². The second-order valence-corrected chi connectivity index (χ2v) is 7.40. The maximum atomic E-state index is 6.37. The van der Waals surface area contributed by atoms with Crippen molar-refractivity contribution in [1.82, 2.24) is 4.90 Å². The lowest BCUT2D eigenvalue weighted by atomic mass is 9.76. The fourth-order valence-electron chi connectivity index (χ4n) is 4.63. The molecule has 3 rings (SSSR count). The first-order valence-corrected chi connectivity index (χ1v) is 8.66. The number of hydrogen-bond donors (Lipinski definition) is 1. The van der Waals surface area contributed by atoms with Gasteiger partial charge in [-0.3, -0.25) is 4.90 Å². The summed E-state index contributed by atoms with van der Waals surface area (Å²) in [7, 11) is 0. The van der Waals surface area contributed by atoms with Crippen LogP contribution in [-0.4, -0.2) is 24.0 Å². The number of piperidine rings is 1. The molecule has 1 aromatic carbocycles. The maximum absolute atomic E-state index is 6.37. The van der Waals surface area contributed by atoms with Crippen molar-refractivity contribution in [3.05, 3.63) is 35.4 Å². The standard InChI is InChI=1S/C19H30N2/c1-15-7-3-4-8-17(15)18(16(2)20)21-13-11-19(12-14-21)9-5-6-10-19/h3-4,7-8,16,18H,5-6,9-14,20H2,1-2H3. The van der Waals surface area contributed by atoms with Crippen molar-refractivity contribution in [3.63, 3.8) is 0 Å². The quantitative estimate of drug-likeness (QED) is 0.908. The third-order valence-electron chi connectivity index (χ3n) is 5.92. The molecule has 1 saturated carbocycles. The summed E-state index contributed by atoms with van der Waals surface area (Å²) in [5.74, 6) is 0. The molecule has 1 aliphatic heterocycles. The first-order valence-electron chi connectivity index (χ1n) is 8.66. The highest BCUT2D eigenvalue weighted by molar-refractivity contribution is 5.30. The summed E-state index contributed by atoms with van der Waals surface area (Å²) in [5.41, 5.74) is 9.86. The second kappa shape index (κ2) is 6.10. The van der Waals surface area contributed by atoms with Gasteiger partial charge in [0.25, 0.3) is 0 Å². The van der Waals surface area contributed by atoms with Gasteiger partial charge in [0.05, 0.1) is 0 Å². The van der Waals surface area contributed by atoms with E-state index in [4.69, 9.17) is 5.73 Å². The molecule has 2 fully saturated rings. The Bertz CT molecular complexity index is 464. The van der Waals surface area contributed by atoms with E-state index in [2.05, 4.69) is 43.0 Å². The molecule has 1 heterocycles. The molecular weight excluding hydrogens is 256 g/mol. The van der Waals surface area contributed by atoms with Crippen molar-refractivity contribution >= 4 is 0 Å². The fraction of sp³-hybridized carbons (Fsp3) is 0.684. The van der Waals surface area contributed by atoms with Crippen LogP contribution in [0.15, 0.2) is 24.3 Å². The van der Waals surface area contributed by atoms with Crippen molar-refractivity contribution in [1.29, 1.82) is 0 Å². The lowest BCUT2D eigenvalue weighted by molar-refractivity contribution is 0.0675. The van der Waals surface area contributed by atoms with E-state index in [1.54, 1.807) is 0 Å². The predicted molar refractivity (Wildman–Crippen MR) is 89.3 cm³/mol. The molecule has 2 heteroatoms. The summed E-state index contributed by atoms with van der Waals surface area (Å²) in [5, 5.41) is 0. The lowest BCUT2D eigenvalue weighted by Crippen LogP contribution is -2.46. The highest BCUT2D eigenvalue weighted by Crippen LogP contribution is 2.47. The Balaban J connectivity index is 1.76. The Labute approximate surface area is 129 Å². The highest BCUT2D eigenvalue weighted by Gasteiger charge is 2.39. The number of likely N-dealkylation sites (tertiary alicyclic amines) is 1. The van der Waals surface area contributed by atoms with E-state index >= 15 is 0 Å². The number of hydrogen-bond acceptors (Lipinski definition) is 2. The van der Waals surface area contributed by atoms with E-state index in [0.29, 0.717) is 11.5 Å². The van der Waals surface area contributed by atoms with Crippen LogP contribution in [0.3, 0.4) is 0 Å². The number of benzene rings is 1. The van der Waals surface area contributed by atoms with Crippen molar-refractivity contribution in [2.45, 2.75) is 64.5 Å². The highest BCUT2D eigenvalue weighted by atomic mass is 15.2. The van der Waals surface area contributed by atoms with Crippen LogP contribution in [0.2, 0.25) is 0 Å². The van der Waals surface area contributed by atoms with Crippen LogP contribution in [0.1, 0.15) is 62.6 Å². The van der Waals surface area contributed by atoms with Crippen molar-refractivity contribution in [3.8, 4) is 0 Å². The van der Waals surface area contributed by atoms with E-state index in [0.717, 1.165) is 0 Å². The van der Waals surface area contributed by atoms with Crippen LogP contribution in [0.4, 0.5) is 0 Å². The molecule has 2 nitrogen and oxygen atoms in total. The fourth-order valence-corrected chi connectivity index (χ4v) is 4.63. The SMILES string of the molecule is Cc1ccccc1C(C(C)N)N1CCC2(CCCC2)CC1. The monoisotopic (exact) mass is 286 g/mol. The zero-order chi connectivity index (χ0) is 14.9. The minimum Gasteiger partial charge on any atom is -0.326 e. The first kappa shape index (κ1) is 15.1. The van der Waals surface area contributed by atoms with Crippen molar-refractivity contribution < 1.29 is 0 Å². The molecule has 2 atom stereocenters. The van der Waals surface area contributed by atoms with Crippen LogP contribution >= 0.6 is 0 Å². The Morgan fingerprint density at radius 2 is 1.67 bits per heavy atom.